The van der Waals surface area contributed by atoms with Gasteiger partial charge in [-0.05, 0) is 38.0 Å². The molecule has 128 valence electrons. The van der Waals surface area contributed by atoms with Crippen molar-refractivity contribution in [3.05, 3.63) is 65.5 Å². The molecule has 0 radical (unpaired) electrons. The Labute approximate surface area is 143 Å². The number of hydrogen-bond acceptors (Lipinski definition) is 3. The van der Waals surface area contributed by atoms with E-state index in [-0.39, 0.29) is 18.1 Å². The van der Waals surface area contributed by atoms with Crippen LogP contribution in [0.1, 0.15) is 29.8 Å². The summed E-state index contributed by atoms with van der Waals surface area (Å²) in [6.45, 7) is 4.43. The standard InChI is InChI=1S/C19H25N3O2/c1-14-7-9-16(10-8-14)12-18(17-6-4-5-11-20-17)22-19(23)21-15(2)13-24-3/h4-11,15,18H,12-13H2,1-3H3,(H2,21,22,23)/t15-,18-/m1/s1. The maximum Gasteiger partial charge on any atom is 0.315 e. The van der Waals surface area contributed by atoms with Gasteiger partial charge in [0.2, 0.25) is 0 Å². The molecule has 0 aliphatic carbocycles. The Balaban J connectivity index is 2.08. The van der Waals surface area contributed by atoms with Crippen LogP contribution in [0.2, 0.25) is 0 Å². The van der Waals surface area contributed by atoms with E-state index in [1.807, 2.05) is 25.1 Å². The highest BCUT2D eigenvalue weighted by atomic mass is 16.5. The second-order valence-corrected chi connectivity index (χ2v) is 5.97. The molecule has 0 saturated carbocycles. The van der Waals surface area contributed by atoms with E-state index in [1.54, 1.807) is 13.3 Å². The number of aryl methyl sites for hydroxylation is 1. The number of carbonyl (C=O) groups is 1. The molecular weight excluding hydrogens is 302 g/mol. The molecule has 1 aromatic carbocycles. The van der Waals surface area contributed by atoms with Gasteiger partial charge in [-0.2, -0.15) is 0 Å². The van der Waals surface area contributed by atoms with E-state index in [0.717, 1.165) is 11.3 Å². The first kappa shape index (κ1) is 17.9. The first-order valence-electron chi connectivity index (χ1n) is 8.11. The quantitative estimate of drug-likeness (QED) is 0.822. The van der Waals surface area contributed by atoms with Gasteiger partial charge in [-0.25, -0.2) is 4.79 Å². The maximum absolute atomic E-state index is 12.3. The molecule has 0 bridgehead atoms. The van der Waals surface area contributed by atoms with Crippen molar-refractivity contribution in [3.8, 4) is 0 Å². The highest BCUT2D eigenvalue weighted by Gasteiger charge is 2.17. The number of urea groups is 1. The minimum absolute atomic E-state index is 0.0567. The largest absolute Gasteiger partial charge is 0.383 e. The lowest BCUT2D eigenvalue weighted by Gasteiger charge is -2.21. The van der Waals surface area contributed by atoms with Crippen molar-refractivity contribution in [1.29, 1.82) is 0 Å². The van der Waals surface area contributed by atoms with Crippen LogP contribution in [-0.2, 0) is 11.2 Å². The molecule has 2 aromatic rings. The molecule has 0 saturated heterocycles. The van der Waals surface area contributed by atoms with Crippen molar-refractivity contribution in [2.24, 2.45) is 0 Å². The Bertz CT molecular complexity index is 629. The van der Waals surface area contributed by atoms with Gasteiger partial charge in [-0.1, -0.05) is 35.9 Å². The summed E-state index contributed by atoms with van der Waals surface area (Å²) in [7, 11) is 1.62. The van der Waals surface area contributed by atoms with Crippen molar-refractivity contribution in [3.63, 3.8) is 0 Å². The smallest absolute Gasteiger partial charge is 0.315 e. The molecule has 2 amide bonds. The van der Waals surface area contributed by atoms with E-state index < -0.39 is 0 Å². The number of benzene rings is 1. The maximum atomic E-state index is 12.3. The van der Waals surface area contributed by atoms with Crippen molar-refractivity contribution < 1.29 is 9.53 Å². The average Bonchev–Trinajstić information content (AvgIpc) is 2.57. The number of hydrogen-bond donors (Lipinski definition) is 2. The fourth-order valence-corrected chi connectivity index (χ4v) is 2.49. The second kappa shape index (κ2) is 9.03. The summed E-state index contributed by atoms with van der Waals surface area (Å²) < 4.78 is 5.05. The third-order valence-electron chi connectivity index (χ3n) is 3.70. The zero-order valence-corrected chi connectivity index (χ0v) is 14.5. The molecule has 24 heavy (non-hydrogen) atoms. The van der Waals surface area contributed by atoms with E-state index in [0.29, 0.717) is 13.0 Å². The molecule has 2 rings (SSSR count). The normalized spacial score (nSPS) is 13.1. The third kappa shape index (κ3) is 5.66. The zero-order chi connectivity index (χ0) is 17.4. The van der Waals surface area contributed by atoms with Crippen LogP contribution in [0, 0.1) is 6.92 Å². The summed E-state index contributed by atoms with van der Waals surface area (Å²) in [6, 6.07) is 13.6. The summed E-state index contributed by atoms with van der Waals surface area (Å²) in [5.74, 6) is 0. The fourth-order valence-electron chi connectivity index (χ4n) is 2.49. The molecule has 0 unspecified atom stereocenters. The molecule has 0 aliphatic heterocycles. The van der Waals surface area contributed by atoms with Gasteiger partial charge in [0, 0.05) is 13.3 Å². The average molecular weight is 327 g/mol. The van der Waals surface area contributed by atoms with Crippen LogP contribution in [0.4, 0.5) is 4.79 Å². The van der Waals surface area contributed by atoms with Crippen LogP contribution in [0.5, 0.6) is 0 Å². The summed E-state index contributed by atoms with van der Waals surface area (Å²) in [5.41, 5.74) is 3.21. The molecule has 1 heterocycles. The van der Waals surface area contributed by atoms with E-state index in [4.69, 9.17) is 4.74 Å². The van der Waals surface area contributed by atoms with E-state index in [2.05, 4.69) is 46.8 Å². The van der Waals surface area contributed by atoms with Gasteiger partial charge in [-0.3, -0.25) is 4.98 Å². The van der Waals surface area contributed by atoms with Crippen molar-refractivity contribution in [2.45, 2.75) is 32.4 Å². The number of pyridine rings is 1. The summed E-state index contributed by atoms with van der Waals surface area (Å²) >= 11 is 0. The van der Waals surface area contributed by atoms with Crippen molar-refractivity contribution in [1.82, 2.24) is 15.6 Å². The van der Waals surface area contributed by atoms with Gasteiger partial charge in [-0.15, -0.1) is 0 Å². The van der Waals surface area contributed by atoms with Gasteiger partial charge >= 0.3 is 6.03 Å². The van der Waals surface area contributed by atoms with E-state index >= 15 is 0 Å². The molecule has 1 aromatic heterocycles. The molecule has 0 spiro atoms. The van der Waals surface area contributed by atoms with Crippen molar-refractivity contribution in [2.75, 3.05) is 13.7 Å². The number of nitrogens with one attached hydrogen (secondary N) is 2. The molecule has 0 fully saturated rings. The number of aromatic nitrogens is 1. The third-order valence-corrected chi connectivity index (χ3v) is 3.70. The van der Waals surface area contributed by atoms with Crippen LogP contribution in [0.25, 0.3) is 0 Å². The van der Waals surface area contributed by atoms with Crippen molar-refractivity contribution >= 4 is 6.03 Å². The Morgan fingerprint density at radius 1 is 1.17 bits per heavy atom. The van der Waals surface area contributed by atoms with Gasteiger partial charge in [0.1, 0.15) is 0 Å². The lowest BCUT2D eigenvalue weighted by atomic mass is 10.0. The summed E-state index contributed by atoms with van der Waals surface area (Å²) in [4.78, 5) is 16.6. The Hall–Kier alpha value is -2.40. The van der Waals surface area contributed by atoms with Crippen LogP contribution in [0.3, 0.4) is 0 Å². The van der Waals surface area contributed by atoms with Gasteiger partial charge in [0.15, 0.2) is 0 Å². The Morgan fingerprint density at radius 3 is 2.54 bits per heavy atom. The number of methoxy groups -OCH3 is 1. The fraction of sp³-hybridized carbons (Fsp3) is 0.368. The molecule has 2 N–H and O–H groups in total. The second-order valence-electron chi connectivity index (χ2n) is 5.97. The van der Waals surface area contributed by atoms with Crippen LogP contribution < -0.4 is 10.6 Å². The molecule has 2 atom stereocenters. The predicted octanol–water partition coefficient (Wildman–Crippen LogP) is 3.01. The number of carbonyl (C=O) groups excluding carboxylic acids is 1. The van der Waals surface area contributed by atoms with Crippen LogP contribution in [0.15, 0.2) is 48.7 Å². The van der Waals surface area contributed by atoms with Gasteiger partial charge in [0.05, 0.1) is 24.4 Å². The first-order valence-corrected chi connectivity index (χ1v) is 8.11. The Kier molecular flexibility index (Phi) is 6.75. The topological polar surface area (TPSA) is 63.2 Å². The SMILES string of the molecule is COC[C@@H](C)NC(=O)N[C@H](Cc1ccc(C)cc1)c1ccccn1. The zero-order valence-electron chi connectivity index (χ0n) is 14.5. The molecular formula is C19H25N3O2. The number of rotatable bonds is 7. The lowest BCUT2D eigenvalue weighted by molar-refractivity contribution is 0.170. The van der Waals surface area contributed by atoms with E-state index in [1.165, 1.54) is 5.56 Å². The molecule has 5 heteroatoms. The summed E-state index contributed by atoms with van der Waals surface area (Å²) in [5, 5.41) is 5.89. The minimum atomic E-state index is -0.220. The first-order chi connectivity index (χ1) is 11.6. The molecule has 0 aliphatic rings. The number of amides is 2. The highest BCUT2D eigenvalue weighted by Crippen LogP contribution is 2.17. The number of ether oxygens (including phenoxy) is 1. The minimum Gasteiger partial charge on any atom is -0.383 e. The van der Waals surface area contributed by atoms with Crippen LogP contribution >= 0.6 is 0 Å². The summed E-state index contributed by atoms with van der Waals surface area (Å²) in [6.07, 6.45) is 2.42. The predicted molar refractivity (Wildman–Crippen MR) is 94.9 cm³/mol. The highest BCUT2D eigenvalue weighted by molar-refractivity contribution is 5.74. The lowest BCUT2D eigenvalue weighted by Crippen LogP contribution is -2.44. The van der Waals surface area contributed by atoms with Crippen LogP contribution in [-0.4, -0.2) is 30.8 Å². The van der Waals surface area contributed by atoms with Gasteiger partial charge < -0.3 is 15.4 Å². The van der Waals surface area contributed by atoms with E-state index in [9.17, 15) is 4.79 Å². The van der Waals surface area contributed by atoms with Gasteiger partial charge in [0.25, 0.3) is 0 Å². The number of nitrogens with zero attached hydrogens (tertiary/aromatic N) is 1. The Morgan fingerprint density at radius 2 is 1.92 bits per heavy atom. The molecule has 5 nitrogen and oxygen atoms in total. The monoisotopic (exact) mass is 327 g/mol.